The van der Waals surface area contributed by atoms with E-state index < -0.39 is 18.0 Å². The third kappa shape index (κ3) is 20.3. The number of aliphatic hydroxyl groups is 1. The maximum atomic E-state index is 11.5. The van der Waals surface area contributed by atoms with Crippen LogP contribution < -0.4 is 0 Å². The molecule has 0 aliphatic carbocycles. The Labute approximate surface area is 182 Å². The Balaban J connectivity index is 3.71. The topological polar surface area (TPSA) is 63.6 Å². The second-order valence-corrected chi connectivity index (χ2v) is 6.73. The van der Waals surface area contributed by atoms with Gasteiger partial charge in [-0.25, -0.2) is 0 Å². The Morgan fingerprint density at radius 2 is 1.07 bits per heavy atom. The van der Waals surface area contributed by atoms with Gasteiger partial charge in [0.25, 0.3) is 0 Å². The van der Waals surface area contributed by atoms with Gasteiger partial charge >= 0.3 is 11.9 Å². The standard InChI is InChI=1S/C26H38O4/c1-3-5-6-7-8-9-10-11-12-13-14-15-16-17-18-19-20-21-22-25(28)30-26(29)23-24(27)4-2/h5-6,8-9,11-12,14-15,17-18,20-21,24,27H,3-4,7,10,13,16,19,22-23H2,1-2H3/b6-5-,9-8-,12-11-,15-14-,18-17-,21-20-. The molecule has 0 spiro atoms. The van der Waals surface area contributed by atoms with Gasteiger partial charge in [-0.3, -0.25) is 9.59 Å². The average Bonchev–Trinajstić information content (AvgIpc) is 2.72. The van der Waals surface area contributed by atoms with Gasteiger partial charge in [0.15, 0.2) is 0 Å². The van der Waals surface area contributed by atoms with E-state index in [1.54, 1.807) is 13.0 Å². The van der Waals surface area contributed by atoms with E-state index >= 15 is 0 Å². The molecule has 0 saturated carbocycles. The summed E-state index contributed by atoms with van der Waals surface area (Å²) in [5, 5.41) is 9.33. The molecule has 4 heteroatoms. The first-order valence-corrected chi connectivity index (χ1v) is 10.9. The van der Waals surface area contributed by atoms with Crippen molar-refractivity contribution in [1.82, 2.24) is 0 Å². The van der Waals surface area contributed by atoms with Crippen molar-refractivity contribution in [2.45, 2.75) is 77.7 Å². The van der Waals surface area contributed by atoms with E-state index in [-0.39, 0.29) is 12.8 Å². The van der Waals surface area contributed by atoms with Crippen LogP contribution in [-0.4, -0.2) is 23.1 Å². The lowest BCUT2D eigenvalue weighted by molar-refractivity contribution is -0.160. The van der Waals surface area contributed by atoms with Crippen molar-refractivity contribution in [3.05, 3.63) is 72.9 Å². The zero-order valence-electron chi connectivity index (χ0n) is 18.5. The van der Waals surface area contributed by atoms with E-state index in [0.29, 0.717) is 6.42 Å². The predicted molar refractivity (Wildman–Crippen MR) is 125 cm³/mol. The maximum absolute atomic E-state index is 11.5. The van der Waals surface area contributed by atoms with Crippen molar-refractivity contribution in [2.24, 2.45) is 0 Å². The van der Waals surface area contributed by atoms with Crippen LogP contribution in [0.5, 0.6) is 0 Å². The summed E-state index contributed by atoms with van der Waals surface area (Å²) >= 11 is 0. The summed E-state index contributed by atoms with van der Waals surface area (Å²) in [6.07, 6.45) is 30.2. The molecule has 0 fully saturated rings. The first kappa shape index (κ1) is 27.5. The van der Waals surface area contributed by atoms with Crippen molar-refractivity contribution >= 4 is 11.9 Å². The summed E-state index contributed by atoms with van der Waals surface area (Å²) in [4.78, 5) is 22.8. The lowest BCUT2D eigenvalue weighted by Gasteiger charge is -2.05. The van der Waals surface area contributed by atoms with E-state index in [9.17, 15) is 14.7 Å². The van der Waals surface area contributed by atoms with Gasteiger partial charge in [0.2, 0.25) is 0 Å². The van der Waals surface area contributed by atoms with Crippen molar-refractivity contribution < 1.29 is 19.4 Å². The second-order valence-electron chi connectivity index (χ2n) is 6.73. The predicted octanol–water partition coefficient (Wildman–Crippen LogP) is 6.31. The van der Waals surface area contributed by atoms with Crippen LogP contribution in [0.25, 0.3) is 0 Å². The highest BCUT2D eigenvalue weighted by Crippen LogP contribution is 2.01. The van der Waals surface area contributed by atoms with Crippen LogP contribution in [-0.2, 0) is 14.3 Å². The van der Waals surface area contributed by atoms with Crippen molar-refractivity contribution in [3.8, 4) is 0 Å². The Morgan fingerprint density at radius 3 is 1.47 bits per heavy atom. The minimum Gasteiger partial charge on any atom is -0.393 e. The summed E-state index contributed by atoms with van der Waals surface area (Å²) in [6, 6.07) is 0. The van der Waals surface area contributed by atoms with E-state index in [1.807, 2.05) is 12.2 Å². The zero-order valence-corrected chi connectivity index (χ0v) is 18.5. The number of ether oxygens (including phenoxy) is 1. The molecule has 0 heterocycles. The molecule has 0 aliphatic heterocycles. The highest BCUT2D eigenvalue weighted by Gasteiger charge is 2.13. The fourth-order valence-corrected chi connectivity index (χ4v) is 2.25. The van der Waals surface area contributed by atoms with E-state index in [1.165, 1.54) is 0 Å². The molecule has 0 radical (unpaired) electrons. The molecule has 0 aliphatic rings. The molecular formula is C26H38O4. The first-order valence-electron chi connectivity index (χ1n) is 10.9. The van der Waals surface area contributed by atoms with E-state index in [4.69, 9.17) is 0 Å². The molecule has 0 aromatic heterocycles. The number of rotatable bonds is 16. The zero-order chi connectivity index (χ0) is 22.3. The summed E-state index contributed by atoms with van der Waals surface area (Å²) in [6.45, 7) is 3.90. The Bertz CT molecular complexity index is 621. The van der Waals surface area contributed by atoms with Crippen molar-refractivity contribution in [1.29, 1.82) is 0 Å². The molecule has 0 saturated heterocycles. The molecule has 0 rings (SSSR count). The fraction of sp³-hybridized carbons (Fsp3) is 0.462. The lowest BCUT2D eigenvalue weighted by atomic mass is 10.2. The van der Waals surface area contributed by atoms with Gasteiger partial charge in [-0.15, -0.1) is 0 Å². The first-order chi connectivity index (χ1) is 14.6. The Kier molecular flexibility index (Phi) is 19.5. The molecule has 1 atom stereocenters. The number of allylic oxidation sites excluding steroid dienone is 11. The van der Waals surface area contributed by atoms with Crippen LogP contribution in [0.15, 0.2) is 72.9 Å². The average molecular weight is 415 g/mol. The second kappa shape index (κ2) is 21.3. The van der Waals surface area contributed by atoms with Gasteiger partial charge in [-0.05, 0) is 44.9 Å². The Morgan fingerprint density at radius 1 is 0.667 bits per heavy atom. The third-order valence-electron chi connectivity index (χ3n) is 3.98. The van der Waals surface area contributed by atoms with Crippen LogP contribution in [0.4, 0.5) is 0 Å². The summed E-state index contributed by atoms with van der Waals surface area (Å²) in [5.41, 5.74) is 0. The smallest absolute Gasteiger partial charge is 0.317 e. The number of aliphatic hydroxyl groups excluding tert-OH is 1. The molecule has 0 amide bonds. The van der Waals surface area contributed by atoms with Gasteiger partial charge in [-0.2, -0.15) is 0 Å². The number of hydrogen-bond donors (Lipinski definition) is 1. The molecule has 1 N–H and O–H groups in total. The molecule has 0 aromatic carbocycles. The number of esters is 2. The quantitative estimate of drug-likeness (QED) is 0.183. The van der Waals surface area contributed by atoms with Crippen LogP contribution in [0.2, 0.25) is 0 Å². The van der Waals surface area contributed by atoms with Crippen LogP contribution in [0.1, 0.15) is 71.6 Å². The van der Waals surface area contributed by atoms with Crippen molar-refractivity contribution in [2.75, 3.05) is 0 Å². The van der Waals surface area contributed by atoms with Crippen LogP contribution in [0, 0.1) is 0 Å². The van der Waals surface area contributed by atoms with Gasteiger partial charge in [0.1, 0.15) is 0 Å². The van der Waals surface area contributed by atoms with Gasteiger partial charge in [0.05, 0.1) is 18.9 Å². The monoisotopic (exact) mass is 414 g/mol. The minimum atomic E-state index is -0.754. The maximum Gasteiger partial charge on any atom is 0.317 e. The SMILES string of the molecule is CC/C=C\C/C=C\C/C=C\C/C=C\C/C=C\C/C=C\CC(=O)OC(=O)CC(O)CC. The molecule has 1 unspecified atom stereocenters. The number of hydrogen-bond acceptors (Lipinski definition) is 4. The van der Waals surface area contributed by atoms with Gasteiger partial charge in [-0.1, -0.05) is 86.8 Å². The molecule has 0 bridgehead atoms. The fourth-order valence-electron chi connectivity index (χ4n) is 2.25. The van der Waals surface area contributed by atoms with Crippen molar-refractivity contribution in [3.63, 3.8) is 0 Å². The normalized spacial score (nSPS) is 13.7. The molecule has 4 nitrogen and oxygen atoms in total. The molecular weight excluding hydrogens is 376 g/mol. The summed E-state index contributed by atoms with van der Waals surface area (Å²) in [5.74, 6) is -1.27. The molecule has 166 valence electrons. The lowest BCUT2D eigenvalue weighted by Crippen LogP contribution is -2.17. The van der Waals surface area contributed by atoms with Crippen LogP contribution >= 0.6 is 0 Å². The molecule has 0 aromatic rings. The van der Waals surface area contributed by atoms with E-state index in [0.717, 1.165) is 38.5 Å². The highest BCUT2D eigenvalue weighted by molar-refractivity contribution is 5.86. The Hall–Kier alpha value is -2.46. The van der Waals surface area contributed by atoms with Crippen LogP contribution in [0.3, 0.4) is 0 Å². The van der Waals surface area contributed by atoms with Gasteiger partial charge < -0.3 is 9.84 Å². The highest BCUT2D eigenvalue weighted by atomic mass is 16.6. The van der Waals surface area contributed by atoms with E-state index in [2.05, 4.69) is 66.3 Å². The minimum absolute atomic E-state index is 0.0542. The third-order valence-corrected chi connectivity index (χ3v) is 3.98. The number of carbonyl (C=O) groups is 2. The van der Waals surface area contributed by atoms with Gasteiger partial charge in [0, 0.05) is 0 Å². The summed E-state index contributed by atoms with van der Waals surface area (Å²) in [7, 11) is 0. The summed E-state index contributed by atoms with van der Waals surface area (Å²) < 4.78 is 4.63. The molecule has 30 heavy (non-hydrogen) atoms. The number of carbonyl (C=O) groups excluding carboxylic acids is 2. The largest absolute Gasteiger partial charge is 0.393 e.